The van der Waals surface area contributed by atoms with Crippen LogP contribution in [0.15, 0.2) is 30.3 Å². The normalized spacial score (nSPS) is 10.2. The second kappa shape index (κ2) is 5.84. The SMILES string of the molecule is CN(CCO)c1ccc(C=CC#N)cc1. The molecule has 0 amide bonds. The average Bonchev–Trinajstić information content (AvgIpc) is 2.27. The highest BCUT2D eigenvalue weighted by molar-refractivity contribution is 5.56. The Balaban J connectivity index is 2.72. The first kappa shape index (κ1) is 11.3. The molecule has 1 aromatic rings. The fraction of sp³-hybridized carbons (Fsp3) is 0.250. The number of hydrogen-bond acceptors (Lipinski definition) is 3. The van der Waals surface area contributed by atoms with Crippen molar-refractivity contribution in [3.63, 3.8) is 0 Å². The maximum atomic E-state index is 8.78. The Morgan fingerprint density at radius 3 is 2.60 bits per heavy atom. The van der Waals surface area contributed by atoms with Crippen LogP contribution in [0.5, 0.6) is 0 Å². The molecule has 0 spiro atoms. The van der Waals surface area contributed by atoms with Crippen LogP contribution in [-0.4, -0.2) is 25.3 Å². The molecule has 1 N–H and O–H groups in total. The molecule has 1 aromatic carbocycles. The third-order valence-corrected chi connectivity index (χ3v) is 2.12. The highest BCUT2D eigenvalue weighted by Crippen LogP contribution is 2.14. The minimum Gasteiger partial charge on any atom is -0.395 e. The van der Waals surface area contributed by atoms with Crippen molar-refractivity contribution in [2.24, 2.45) is 0 Å². The summed E-state index contributed by atoms with van der Waals surface area (Å²) >= 11 is 0. The second-order valence-electron chi connectivity index (χ2n) is 3.20. The first-order valence-electron chi connectivity index (χ1n) is 4.76. The lowest BCUT2D eigenvalue weighted by Crippen LogP contribution is -2.20. The molecular weight excluding hydrogens is 188 g/mol. The fourth-order valence-electron chi connectivity index (χ4n) is 1.25. The standard InChI is InChI=1S/C12H14N2O/c1-14(9-10-15)12-6-4-11(5-7-12)3-2-8-13/h2-7,15H,9-10H2,1H3. The number of anilines is 1. The summed E-state index contributed by atoms with van der Waals surface area (Å²) in [4.78, 5) is 1.97. The number of benzene rings is 1. The zero-order valence-corrected chi connectivity index (χ0v) is 8.72. The number of rotatable bonds is 4. The summed E-state index contributed by atoms with van der Waals surface area (Å²) in [5.74, 6) is 0. The molecule has 0 heterocycles. The van der Waals surface area contributed by atoms with Crippen molar-refractivity contribution in [2.75, 3.05) is 25.1 Å². The minimum absolute atomic E-state index is 0.145. The molecule has 0 saturated carbocycles. The van der Waals surface area contributed by atoms with E-state index in [-0.39, 0.29) is 6.61 Å². The average molecular weight is 202 g/mol. The van der Waals surface area contributed by atoms with E-state index in [1.807, 2.05) is 42.3 Å². The van der Waals surface area contributed by atoms with Gasteiger partial charge < -0.3 is 10.0 Å². The van der Waals surface area contributed by atoms with Gasteiger partial charge in [0, 0.05) is 25.4 Å². The van der Waals surface area contributed by atoms with Crippen LogP contribution in [0.3, 0.4) is 0 Å². The number of aliphatic hydroxyl groups is 1. The highest BCUT2D eigenvalue weighted by Gasteiger charge is 1.98. The van der Waals surface area contributed by atoms with Crippen LogP contribution in [0.25, 0.3) is 6.08 Å². The number of hydrogen-bond donors (Lipinski definition) is 1. The van der Waals surface area contributed by atoms with Crippen molar-refractivity contribution in [3.8, 4) is 6.07 Å². The first-order valence-corrected chi connectivity index (χ1v) is 4.76. The van der Waals surface area contributed by atoms with Gasteiger partial charge in [0.15, 0.2) is 0 Å². The maximum Gasteiger partial charge on any atom is 0.0912 e. The van der Waals surface area contributed by atoms with E-state index in [0.29, 0.717) is 6.54 Å². The molecule has 3 nitrogen and oxygen atoms in total. The van der Waals surface area contributed by atoms with E-state index in [4.69, 9.17) is 10.4 Å². The van der Waals surface area contributed by atoms with Crippen molar-refractivity contribution in [1.29, 1.82) is 5.26 Å². The van der Waals surface area contributed by atoms with Gasteiger partial charge in [0.05, 0.1) is 12.7 Å². The number of allylic oxidation sites excluding steroid dienone is 1. The third-order valence-electron chi connectivity index (χ3n) is 2.12. The Labute approximate surface area is 89.9 Å². The van der Waals surface area contributed by atoms with Gasteiger partial charge in [-0.1, -0.05) is 12.1 Å². The van der Waals surface area contributed by atoms with Gasteiger partial charge in [-0.2, -0.15) is 5.26 Å². The van der Waals surface area contributed by atoms with Gasteiger partial charge in [0.25, 0.3) is 0 Å². The maximum absolute atomic E-state index is 8.78. The molecule has 0 radical (unpaired) electrons. The summed E-state index contributed by atoms with van der Waals surface area (Å²) in [6, 6.07) is 9.76. The van der Waals surface area contributed by atoms with Crippen molar-refractivity contribution < 1.29 is 5.11 Å². The van der Waals surface area contributed by atoms with Crippen LogP contribution >= 0.6 is 0 Å². The van der Waals surface area contributed by atoms with E-state index in [1.165, 1.54) is 6.08 Å². The van der Waals surface area contributed by atoms with E-state index in [9.17, 15) is 0 Å². The Morgan fingerprint density at radius 1 is 1.40 bits per heavy atom. The molecule has 0 aliphatic rings. The van der Waals surface area contributed by atoms with Crippen molar-refractivity contribution >= 4 is 11.8 Å². The van der Waals surface area contributed by atoms with Gasteiger partial charge in [-0.3, -0.25) is 0 Å². The summed E-state index contributed by atoms with van der Waals surface area (Å²) in [6.07, 6.45) is 3.21. The van der Waals surface area contributed by atoms with Gasteiger partial charge >= 0.3 is 0 Å². The quantitative estimate of drug-likeness (QED) is 0.755. The topological polar surface area (TPSA) is 47.3 Å². The number of aliphatic hydroxyl groups excluding tert-OH is 1. The summed E-state index contributed by atoms with van der Waals surface area (Å²) in [5, 5.41) is 17.1. The lowest BCUT2D eigenvalue weighted by Gasteiger charge is -2.17. The van der Waals surface area contributed by atoms with Crippen LogP contribution in [0.1, 0.15) is 5.56 Å². The van der Waals surface area contributed by atoms with E-state index in [0.717, 1.165) is 11.3 Å². The van der Waals surface area contributed by atoms with Crippen molar-refractivity contribution in [3.05, 3.63) is 35.9 Å². The zero-order valence-electron chi connectivity index (χ0n) is 8.72. The Kier molecular flexibility index (Phi) is 4.39. The molecule has 3 heteroatoms. The van der Waals surface area contributed by atoms with Crippen LogP contribution in [0.2, 0.25) is 0 Å². The third kappa shape index (κ3) is 3.45. The van der Waals surface area contributed by atoms with Crippen LogP contribution in [0.4, 0.5) is 5.69 Å². The van der Waals surface area contributed by atoms with E-state index in [1.54, 1.807) is 6.08 Å². The molecule has 0 fully saturated rings. The van der Waals surface area contributed by atoms with Gasteiger partial charge in [0.1, 0.15) is 0 Å². The highest BCUT2D eigenvalue weighted by atomic mass is 16.3. The molecule has 0 unspecified atom stereocenters. The molecule has 0 aliphatic heterocycles. The first-order chi connectivity index (χ1) is 7.27. The molecule has 15 heavy (non-hydrogen) atoms. The summed E-state index contributed by atoms with van der Waals surface area (Å²) < 4.78 is 0. The smallest absolute Gasteiger partial charge is 0.0912 e. The molecule has 78 valence electrons. The predicted octanol–water partition coefficient (Wildman–Crippen LogP) is 1.65. The van der Waals surface area contributed by atoms with Gasteiger partial charge in [-0.05, 0) is 23.8 Å². The molecule has 1 rings (SSSR count). The second-order valence-corrected chi connectivity index (χ2v) is 3.20. The number of nitriles is 1. The predicted molar refractivity (Wildman–Crippen MR) is 61.4 cm³/mol. The zero-order chi connectivity index (χ0) is 11.1. The van der Waals surface area contributed by atoms with Crippen LogP contribution in [0, 0.1) is 11.3 Å². The number of likely N-dealkylation sites (N-methyl/N-ethyl adjacent to an activating group) is 1. The van der Waals surface area contributed by atoms with E-state index >= 15 is 0 Å². The largest absolute Gasteiger partial charge is 0.395 e. The molecule has 0 atom stereocenters. The summed E-state index contributed by atoms with van der Waals surface area (Å²) in [6.45, 7) is 0.764. The van der Waals surface area contributed by atoms with E-state index in [2.05, 4.69) is 0 Å². The fourth-order valence-corrected chi connectivity index (χ4v) is 1.25. The van der Waals surface area contributed by atoms with Gasteiger partial charge in [0.2, 0.25) is 0 Å². The van der Waals surface area contributed by atoms with Gasteiger partial charge in [-0.25, -0.2) is 0 Å². The Hall–Kier alpha value is -1.79. The van der Waals surface area contributed by atoms with Crippen LogP contribution in [-0.2, 0) is 0 Å². The molecule has 0 aromatic heterocycles. The molecule has 0 bridgehead atoms. The summed E-state index contributed by atoms with van der Waals surface area (Å²) in [7, 11) is 1.93. The Morgan fingerprint density at radius 2 is 2.07 bits per heavy atom. The van der Waals surface area contributed by atoms with Crippen molar-refractivity contribution in [1.82, 2.24) is 0 Å². The molecule has 0 saturated heterocycles. The van der Waals surface area contributed by atoms with Crippen LogP contribution < -0.4 is 4.90 Å². The lowest BCUT2D eigenvalue weighted by molar-refractivity contribution is 0.304. The Bertz CT molecular complexity index is 362. The monoisotopic (exact) mass is 202 g/mol. The molecule has 0 aliphatic carbocycles. The van der Waals surface area contributed by atoms with E-state index < -0.39 is 0 Å². The number of nitrogens with zero attached hydrogens (tertiary/aromatic N) is 2. The molecular formula is C12H14N2O. The van der Waals surface area contributed by atoms with Crippen molar-refractivity contribution in [2.45, 2.75) is 0 Å². The minimum atomic E-state index is 0.145. The lowest BCUT2D eigenvalue weighted by atomic mass is 10.2. The van der Waals surface area contributed by atoms with Gasteiger partial charge in [-0.15, -0.1) is 0 Å². The summed E-state index contributed by atoms with van der Waals surface area (Å²) in [5.41, 5.74) is 2.05.